The Morgan fingerprint density at radius 1 is 0.714 bits per heavy atom. The molecule has 0 aliphatic carbocycles. The van der Waals surface area contributed by atoms with Crippen LogP contribution in [0.4, 0.5) is 0 Å². The fourth-order valence-electron chi connectivity index (χ4n) is 0. The van der Waals surface area contributed by atoms with Crippen molar-refractivity contribution >= 4 is 15.7 Å². The first-order valence-corrected chi connectivity index (χ1v) is 2.85. The zero-order valence-electron chi connectivity index (χ0n) is 4.67. The van der Waals surface area contributed by atoms with Gasteiger partial charge < -0.3 is 18.5 Å². The second-order valence-corrected chi connectivity index (χ2v) is 1.16. The summed E-state index contributed by atoms with van der Waals surface area (Å²) in [7, 11) is 0. The Morgan fingerprint density at radius 2 is 0.714 bits per heavy atom. The molecule has 0 aromatic rings. The summed E-state index contributed by atoms with van der Waals surface area (Å²) in [6.07, 6.45) is 0. The van der Waals surface area contributed by atoms with Crippen LogP contribution in [-0.2, 0) is 0 Å². The molecule has 0 heterocycles. The molecule has 7 heteroatoms. The Morgan fingerprint density at radius 3 is 0.714 bits per heavy atom. The maximum atomic E-state index is 8.56. The normalized spacial score (nSPS) is 5.14. The summed E-state index contributed by atoms with van der Waals surface area (Å²) < 4.78 is 25.7. The average Bonchev–Trinajstić information content (AvgIpc) is 0.811. The number of hydrogen-bond donors (Lipinski definition) is 3. The molecule has 7 heavy (non-hydrogen) atoms. The van der Waals surface area contributed by atoms with E-state index in [4.69, 9.17) is 12.3 Å². The summed E-state index contributed by atoms with van der Waals surface area (Å²) in [6, 6.07) is 0. The number of hydrogen-bond acceptors (Lipinski definition) is 3. The van der Waals surface area contributed by atoms with Gasteiger partial charge >= 0.3 is 28.0 Å². The number of quaternary nitrogens is 3. The summed E-state index contributed by atoms with van der Waals surface area (Å²) in [5.74, 6) is 0. The van der Waals surface area contributed by atoms with Crippen LogP contribution in [0.3, 0.4) is 0 Å². The molecular weight excluding hydrogens is 165 g/mol. The molecule has 0 unspecified atom stereocenters. The van der Waals surface area contributed by atoms with Crippen LogP contribution in [0.2, 0.25) is 0 Å². The molecule has 6 nitrogen and oxygen atoms in total. The zero-order chi connectivity index (χ0) is 3.58. The van der Waals surface area contributed by atoms with Crippen molar-refractivity contribution in [2.24, 2.45) is 0 Å². The molecule has 0 aromatic carbocycles. The first kappa shape index (κ1) is 26.5. The predicted octanol–water partition coefficient (Wildman–Crippen LogP) is -2.82. The second-order valence-electron chi connectivity index (χ2n) is 0.224. The molecule has 0 rings (SSSR count). The molecule has 0 amide bonds. The van der Waals surface area contributed by atoms with Crippen molar-refractivity contribution < 1.29 is 12.3 Å². The molecular formula is H12AsN3O3. The van der Waals surface area contributed by atoms with E-state index < -0.39 is 15.7 Å². The van der Waals surface area contributed by atoms with E-state index in [0.717, 1.165) is 0 Å². The van der Waals surface area contributed by atoms with Gasteiger partial charge in [-0.2, -0.15) is 0 Å². The van der Waals surface area contributed by atoms with Crippen LogP contribution in [0.5, 0.6) is 0 Å². The van der Waals surface area contributed by atoms with Gasteiger partial charge in [0.25, 0.3) is 0 Å². The Hall–Kier alpha value is 0.318. The molecule has 0 spiro atoms. The van der Waals surface area contributed by atoms with E-state index in [2.05, 4.69) is 0 Å². The Kier molecular flexibility index (Phi) is 61.5. The Labute approximate surface area is 47.2 Å². The fourth-order valence-corrected chi connectivity index (χ4v) is 0. The summed E-state index contributed by atoms with van der Waals surface area (Å²) in [5.41, 5.74) is 0. The van der Waals surface area contributed by atoms with Crippen molar-refractivity contribution in [3.63, 3.8) is 0 Å². The summed E-state index contributed by atoms with van der Waals surface area (Å²) in [5, 5.41) is 0. The van der Waals surface area contributed by atoms with Crippen molar-refractivity contribution in [2.75, 3.05) is 0 Å². The Bertz CT molecular complexity index is 14.9. The zero-order valence-corrected chi connectivity index (χ0v) is 6.55. The van der Waals surface area contributed by atoms with Crippen molar-refractivity contribution in [3.05, 3.63) is 0 Å². The van der Waals surface area contributed by atoms with Crippen LogP contribution in [0.25, 0.3) is 0 Å². The van der Waals surface area contributed by atoms with Crippen LogP contribution in [-0.4, -0.2) is 15.7 Å². The molecule has 0 saturated heterocycles. The van der Waals surface area contributed by atoms with E-state index in [1.165, 1.54) is 0 Å². The van der Waals surface area contributed by atoms with E-state index >= 15 is 0 Å². The van der Waals surface area contributed by atoms with Crippen molar-refractivity contribution in [1.29, 1.82) is 0 Å². The first-order chi connectivity index (χ1) is 1.73. The van der Waals surface area contributed by atoms with Crippen LogP contribution in [0, 0.1) is 0 Å². The second kappa shape index (κ2) is 16.2. The third-order valence-electron chi connectivity index (χ3n) is 0. The molecule has 50 valence electrons. The summed E-state index contributed by atoms with van der Waals surface area (Å²) in [6.45, 7) is 0. The van der Waals surface area contributed by atoms with Crippen molar-refractivity contribution in [3.8, 4) is 0 Å². The average molecular weight is 177 g/mol. The SMILES string of the molecule is [NH4+].[NH4+].[NH4+].[O-][As]([O-])[O-]. The van der Waals surface area contributed by atoms with Gasteiger partial charge in [-0.15, -0.1) is 0 Å². The minimum atomic E-state index is -3.94. The fraction of sp³-hybridized carbons (Fsp3) is 0. The van der Waals surface area contributed by atoms with Gasteiger partial charge in [0.15, 0.2) is 0 Å². The molecule has 0 radical (unpaired) electrons. The van der Waals surface area contributed by atoms with Gasteiger partial charge in [0.1, 0.15) is 0 Å². The van der Waals surface area contributed by atoms with Crippen molar-refractivity contribution in [2.45, 2.75) is 0 Å². The van der Waals surface area contributed by atoms with Gasteiger partial charge in [-0.1, -0.05) is 0 Å². The van der Waals surface area contributed by atoms with E-state index in [1.54, 1.807) is 0 Å². The molecule has 0 aliphatic heterocycles. The van der Waals surface area contributed by atoms with Gasteiger partial charge in [0.05, 0.1) is 0 Å². The van der Waals surface area contributed by atoms with Crippen LogP contribution >= 0.6 is 0 Å². The van der Waals surface area contributed by atoms with Gasteiger partial charge in [-0.3, -0.25) is 0 Å². The standard InChI is InChI=1S/AsO3.3H3N/c2-1(3)4;;;/h;3*1H3/q-3;;;/p+3. The van der Waals surface area contributed by atoms with Gasteiger partial charge in [0, 0.05) is 0 Å². The molecule has 0 aromatic heterocycles. The maximum absolute atomic E-state index is 8.56. The molecule has 0 aliphatic rings. The topological polar surface area (TPSA) is 179 Å². The number of rotatable bonds is 0. The third-order valence-corrected chi connectivity index (χ3v) is 0. The van der Waals surface area contributed by atoms with Crippen LogP contribution in [0.1, 0.15) is 0 Å². The van der Waals surface area contributed by atoms with Gasteiger partial charge in [-0.05, 0) is 0 Å². The third kappa shape index (κ3) is 1160. The van der Waals surface area contributed by atoms with Crippen LogP contribution in [0.15, 0.2) is 0 Å². The molecule has 12 N–H and O–H groups in total. The molecule has 0 bridgehead atoms. The van der Waals surface area contributed by atoms with E-state index in [-0.39, 0.29) is 18.5 Å². The first-order valence-electron chi connectivity index (χ1n) is 0.548. The van der Waals surface area contributed by atoms with Gasteiger partial charge in [-0.25, -0.2) is 0 Å². The van der Waals surface area contributed by atoms with E-state index in [9.17, 15) is 0 Å². The summed E-state index contributed by atoms with van der Waals surface area (Å²) >= 11 is -3.94. The van der Waals surface area contributed by atoms with E-state index in [0.29, 0.717) is 0 Å². The molecule has 0 fully saturated rings. The van der Waals surface area contributed by atoms with Crippen molar-refractivity contribution in [1.82, 2.24) is 18.5 Å². The monoisotopic (exact) mass is 177 g/mol. The van der Waals surface area contributed by atoms with E-state index in [1.807, 2.05) is 0 Å². The molecule has 0 saturated carbocycles. The quantitative estimate of drug-likeness (QED) is 0.338. The summed E-state index contributed by atoms with van der Waals surface area (Å²) in [4.78, 5) is 0. The molecule has 0 atom stereocenters. The minimum absolute atomic E-state index is 0. The van der Waals surface area contributed by atoms with Crippen LogP contribution < -0.4 is 30.7 Å². The van der Waals surface area contributed by atoms with Gasteiger partial charge in [0.2, 0.25) is 0 Å². The Balaban J connectivity index is -0.0000000150. The predicted molar refractivity (Wildman–Crippen MR) is 23.7 cm³/mol.